The van der Waals surface area contributed by atoms with E-state index in [2.05, 4.69) is 30.1 Å². The van der Waals surface area contributed by atoms with Crippen molar-refractivity contribution in [2.75, 3.05) is 26.2 Å². The first-order valence-corrected chi connectivity index (χ1v) is 7.56. The van der Waals surface area contributed by atoms with E-state index >= 15 is 0 Å². The van der Waals surface area contributed by atoms with Gasteiger partial charge in [0, 0.05) is 26.2 Å². The highest BCUT2D eigenvalue weighted by molar-refractivity contribution is 6.04. The van der Waals surface area contributed by atoms with Gasteiger partial charge in [0.25, 0.3) is 5.91 Å². The van der Waals surface area contributed by atoms with E-state index in [1.165, 1.54) is 18.4 Å². The second-order valence-electron chi connectivity index (χ2n) is 6.37. The van der Waals surface area contributed by atoms with Gasteiger partial charge >= 0.3 is 6.03 Å². The van der Waals surface area contributed by atoms with E-state index < -0.39 is 0 Å². The average molecular weight is 277 g/mol. The molecule has 0 aromatic carbocycles. The largest absolute Gasteiger partial charge is 0.324 e. The van der Waals surface area contributed by atoms with Gasteiger partial charge in [-0.3, -0.25) is 15.0 Å². The number of hydrogen-bond donors (Lipinski definition) is 1. The van der Waals surface area contributed by atoms with Crippen molar-refractivity contribution in [2.24, 2.45) is 11.8 Å². The zero-order valence-corrected chi connectivity index (χ0v) is 12.3. The average Bonchev–Trinajstić information content (AvgIpc) is 2.69. The number of imide groups is 1. The second kappa shape index (κ2) is 5.20. The molecule has 3 atom stereocenters. The van der Waals surface area contributed by atoms with Crippen LogP contribution >= 0.6 is 0 Å². The summed E-state index contributed by atoms with van der Waals surface area (Å²) in [6.07, 6.45) is 4.80. The summed E-state index contributed by atoms with van der Waals surface area (Å²) in [7, 11) is 0. The van der Waals surface area contributed by atoms with E-state index in [4.69, 9.17) is 0 Å². The Kier molecular flexibility index (Phi) is 3.54. The Balaban J connectivity index is 1.65. The number of amides is 3. The fourth-order valence-corrected chi connectivity index (χ4v) is 3.71. The quantitative estimate of drug-likeness (QED) is 0.610. The van der Waals surface area contributed by atoms with E-state index in [9.17, 15) is 9.59 Å². The normalized spacial score (nSPS) is 34.8. The SMILES string of the molecule is CC1=CCC[C@H](C)[C@@H]1CN1CCN2C(=O)NC(=O)[C@@H]2C1. The molecule has 0 spiro atoms. The van der Waals surface area contributed by atoms with Crippen molar-refractivity contribution in [1.29, 1.82) is 0 Å². The minimum atomic E-state index is -0.278. The highest BCUT2D eigenvalue weighted by atomic mass is 16.2. The minimum absolute atomic E-state index is 0.136. The molecule has 0 saturated carbocycles. The molecule has 1 N–H and O–H groups in total. The van der Waals surface area contributed by atoms with Crippen molar-refractivity contribution in [3.63, 3.8) is 0 Å². The smallest absolute Gasteiger partial charge is 0.310 e. The van der Waals surface area contributed by atoms with Gasteiger partial charge in [0.2, 0.25) is 0 Å². The lowest BCUT2D eigenvalue weighted by atomic mass is 9.79. The van der Waals surface area contributed by atoms with Gasteiger partial charge in [-0.15, -0.1) is 0 Å². The van der Waals surface area contributed by atoms with Crippen LogP contribution in [-0.4, -0.2) is 54.0 Å². The molecule has 2 saturated heterocycles. The summed E-state index contributed by atoms with van der Waals surface area (Å²) in [5.74, 6) is 1.16. The molecule has 3 rings (SSSR count). The standard InChI is InChI=1S/C15H23N3O2/c1-10-4-3-5-11(2)12(10)8-17-6-7-18-13(9-17)14(19)16-15(18)20/h4,11-13H,3,5-9H2,1-2H3,(H,16,19,20)/t11-,12+,13-/m0/s1. The van der Waals surface area contributed by atoms with E-state index in [0.717, 1.165) is 13.1 Å². The summed E-state index contributed by atoms with van der Waals surface area (Å²) in [5.41, 5.74) is 1.48. The monoisotopic (exact) mass is 277 g/mol. The molecule has 2 fully saturated rings. The Hall–Kier alpha value is -1.36. The van der Waals surface area contributed by atoms with Gasteiger partial charge in [-0.25, -0.2) is 4.79 Å². The fraction of sp³-hybridized carbons (Fsp3) is 0.733. The molecule has 2 aliphatic heterocycles. The van der Waals surface area contributed by atoms with E-state index in [-0.39, 0.29) is 18.0 Å². The van der Waals surface area contributed by atoms with Crippen LogP contribution in [0.3, 0.4) is 0 Å². The zero-order valence-electron chi connectivity index (χ0n) is 12.3. The molecule has 1 aliphatic carbocycles. The molecule has 5 nitrogen and oxygen atoms in total. The van der Waals surface area contributed by atoms with Crippen molar-refractivity contribution in [2.45, 2.75) is 32.7 Å². The maximum atomic E-state index is 11.8. The first-order chi connectivity index (χ1) is 9.56. The summed E-state index contributed by atoms with van der Waals surface area (Å²) in [4.78, 5) is 27.4. The van der Waals surface area contributed by atoms with Crippen LogP contribution < -0.4 is 5.32 Å². The predicted octanol–water partition coefficient (Wildman–Crippen LogP) is 1.21. The number of hydrogen-bond acceptors (Lipinski definition) is 3. The highest BCUT2D eigenvalue weighted by Crippen LogP contribution is 2.31. The second-order valence-corrected chi connectivity index (χ2v) is 6.37. The molecule has 0 aromatic heterocycles. The zero-order chi connectivity index (χ0) is 14.3. The van der Waals surface area contributed by atoms with Gasteiger partial charge in [-0.2, -0.15) is 0 Å². The van der Waals surface area contributed by atoms with Gasteiger partial charge in [-0.05, 0) is 31.6 Å². The first kappa shape index (κ1) is 13.6. The molecule has 110 valence electrons. The number of rotatable bonds is 2. The molecular weight excluding hydrogens is 254 g/mol. The third-order valence-corrected chi connectivity index (χ3v) is 5.07. The van der Waals surface area contributed by atoms with Gasteiger partial charge in [0.15, 0.2) is 0 Å². The molecule has 0 aromatic rings. The molecule has 20 heavy (non-hydrogen) atoms. The summed E-state index contributed by atoms with van der Waals surface area (Å²) in [6, 6.07) is -0.499. The van der Waals surface area contributed by atoms with Gasteiger partial charge in [0.05, 0.1) is 0 Å². The number of fused-ring (bicyclic) bond motifs is 1. The number of nitrogens with zero attached hydrogens (tertiary/aromatic N) is 2. The minimum Gasteiger partial charge on any atom is -0.310 e. The lowest BCUT2D eigenvalue weighted by molar-refractivity contribution is -0.122. The van der Waals surface area contributed by atoms with Crippen LogP contribution in [0.1, 0.15) is 26.7 Å². The number of urea groups is 1. The summed E-state index contributed by atoms with van der Waals surface area (Å²) < 4.78 is 0. The number of carbonyl (C=O) groups excluding carboxylic acids is 2. The van der Waals surface area contributed by atoms with Crippen LogP contribution in [0.15, 0.2) is 11.6 Å². The molecule has 5 heteroatoms. The summed E-state index contributed by atoms with van der Waals surface area (Å²) >= 11 is 0. The Morgan fingerprint density at radius 3 is 2.90 bits per heavy atom. The third-order valence-electron chi connectivity index (χ3n) is 5.07. The summed E-state index contributed by atoms with van der Waals surface area (Å²) in [5, 5.41) is 2.41. The summed E-state index contributed by atoms with van der Waals surface area (Å²) in [6.45, 7) is 7.76. The van der Waals surface area contributed by atoms with Crippen LogP contribution in [0, 0.1) is 11.8 Å². The van der Waals surface area contributed by atoms with Crippen molar-refractivity contribution in [3.05, 3.63) is 11.6 Å². The highest BCUT2D eigenvalue weighted by Gasteiger charge is 2.42. The fourth-order valence-electron chi connectivity index (χ4n) is 3.71. The number of nitrogens with one attached hydrogen (secondary N) is 1. The van der Waals surface area contributed by atoms with Crippen molar-refractivity contribution in [1.82, 2.24) is 15.1 Å². The molecule has 0 bridgehead atoms. The maximum Gasteiger partial charge on any atom is 0.324 e. The van der Waals surface area contributed by atoms with Crippen LogP contribution in [-0.2, 0) is 4.79 Å². The molecule has 2 heterocycles. The molecular formula is C15H23N3O2. The van der Waals surface area contributed by atoms with Crippen LogP contribution in [0.25, 0.3) is 0 Å². The van der Waals surface area contributed by atoms with Crippen molar-refractivity contribution < 1.29 is 9.59 Å². The number of carbonyl (C=O) groups is 2. The number of allylic oxidation sites excluding steroid dienone is 1. The van der Waals surface area contributed by atoms with E-state index in [1.807, 2.05) is 0 Å². The van der Waals surface area contributed by atoms with E-state index in [1.54, 1.807) is 4.90 Å². The Labute approximate surface area is 120 Å². The van der Waals surface area contributed by atoms with E-state index in [0.29, 0.717) is 24.9 Å². The topological polar surface area (TPSA) is 52.6 Å². The molecule has 0 unspecified atom stereocenters. The molecule has 3 aliphatic rings. The Morgan fingerprint density at radius 1 is 1.35 bits per heavy atom. The Bertz CT molecular complexity index is 460. The van der Waals surface area contributed by atoms with Crippen LogP contribution in [0.4, 0.5) is 4.79 Å². The third kappa shape index (κ3) is 2.35. The van der Waals surface area contributed by atoms with Gasteiger partial charge in [0.1, 0.15) is 6.04 Å². The van der Waals surface area contributed by atoms with Crippen LogP contribution in [0.2, 0.25) is 0 Å². The number of piperazine rings is 1. The first-order valence-electron chi connectivity index (χ1n) is 7.56. The van der Waals surface area contributed by atoms with Gasteiger partial charge in [-0.1, -0.05) is 18.6 Å². The van der Waals surface area contributed by atoms with Gasteiger partial charge < -0.3 is 4.90 Å². The van der Waals surface area contributed by atoms with Crippen molar-refractivity contribution in [3.8, 4) is 0 Å². The molecule has 3 amide bonds. The molecule has 0 radical (unpaired) electrons. The predicted molar refractivity (Wildman–Crippen MR) is 76.1 cm³/mol. The Morgan fingerprint density at radius 2 is 2.15 bits per heavy atom. The van der Waals surface area contributed by atoms with Crippen molar-refractivity contribution >= 4 is 11.9 Å². The maximum absolute atomic E-state index is 11.8. The van der Waals surface area contributed by atoms with Crippen LogP contribution in [0.5, 0.6) is 0 Å². The lowest BCUT2D eigenvalue weighted by Gasteiger charge is -2.39. The lowest BCUT2D eigenvalue weighted by Crippen LogP contribution is -2.54.